The Balaban J connectivity index is 1.52. The van der Waals surface area contributed by atoms with Crippen LogP contribution in [0.25, 0.3) is 0 Å². The van der Waals surface area contributed by atoms with E-state index in [1.807, 2.05) is 0 Å². The van der Waals surface area contributed by atoms with Gasteiger partial charge >= 0.3 is 6.03 Å². The molecule has 0 aliphatic carbocycles. The number of hydrogen-bond acceptors (Lipinski definition) is 6. The van der Waals surface area contributed by atoms with Gasteiger partial charge in [0.1, 0.15) is 12.1 Å². The number of pyridine rings is 1. The first-order valence-electron chi connectivity index (χ1n) is 10.9. The average molecular weight is 488 g/mol. The number of imide groups is 1. The quantitative estimate of drug-likeness (QED) is 0.546. The van der Waals surface area contributed by atoms with Crippen LogP contribution in [0.4, 0.5) is 4.79 Å². The van der Waals surface area contributed by atoms with Crippen molar-refractivity contribution >= 4 is 27.9 Å². The molecule has 1 aromatic carbocycles. The van der Waals surface area contributed by atoms with E-state index >= 15 is 0 Å². The number of rotatable bonds is 7. The maximum Gasteiger partial charge on any atom is 0.344 e. The Hall–Kier alpha value is -3.51. The summed E-state index contributed by atoms with van der Waals surface area (Å²) in [5.74, 6) is -1.49. The smallest absolute Gasteiger partial charge is 0.318 e. The molecule has 1 aromatic heterocycles. The van der Waals surface area contributed by atoms with Crippen LogP contribution in [0.2, 0.25) is 0 Å². The molecule has 0 spiro atoms. The van der Waals surface area contributed by atoms with Crippen molar-refractivity contribution in [3.8, 4) is 0 Å². The molecular formula is C22H25N5O6S. The minimum absolute atomic E-state index is 0.106. The van der Waals surface area contributed by atoms with Crippen LogP contribution in [0.3, 0.4) is 0 Å². The maximum atomic E-state index is 13.1. The highest BCUT2D eigenvalue weighted by Gasteiger charge is 2.52. The lowest BCUT2D eigenvalue weighted by molar-refractivity contribution is -0.139. The Kier molecular flexibility index (Phi) is 6.28. The van der Waals surface area contributed by atoms with Crippen molar-refractivity contribution in [2.24, 2.45) is 0 Å². The topological polar surface area (TPSA) is 138 Å². The van der Waals surface area contributed by atoms with E-state index in [2.05, 4.69) is 10.7 Å². The number of sulfonamides is 1. The van der Waals surface area contributed by atoms with E-state index in [0.717, 1.165) is 29.7 Å². The Morgan fingerprint density at radius 2 is 1.74 bits per heavy atom. The van der Waals surface area contributed by atoms with Crippen LogP contribution in [0.5, 0.6) is 0 Å². The zero-order valence-corrected chi connectivity index (χ0v) is 19.4. The molecule has 4 rings (SSSR count). The van der Waals surface area contributed by atoms with E-state index < -0.39 is 45.5 Å². The highest BCUT2D eigenvalue weighted by molar-refractivity contribution is 7.89. The molecule has 3 heterocycles. The Morgan fingerprint density at radius 3 is 2.38 bits per heavy atom. The van der Waals surface area contributed by atoms with Gasteiger partial charge in [-0.15, -0.1) is 0 Å². The third-order valence-electron chi connectivity index (χ3n) is 6.10. The van der Waals surface area contributed by atoms with Crippen molar-refractivity contribution in [1.82, 2.24) is 24.6 Å². The number of aromatic nitrogens is 1. The number of amides is 4. The van der Waals surface area contributed by atoms with E-state index in [4.69, 9.17) is 0 Å². The van der Waals surface area contributed by atoms with Crippen molar-refractivity contribution in [2.45, 2.75) is 43.2 Å². The second-order valence-electron chi connectivity index (χ2n) is 8.17. The number of carbonyl (C=O) groups excluding carboxylic acids is 3. The Bertz CT molecular complexity index is 1290. The van der Waals surface area contributed by atoms with E-state index in [1.165, 1.54) is 10.4 Å². The number of hydrogen-bond donors (Lipinski definition) is 2. The maximum absolute atomic E-state index is 13.1. The zero-order chi connectivity index (χ0) is 24.5. The molecule has 2 aliphatic rings. The summed E-state index contributed by atoms with van der Waals surface area (Å²) in [4.78, 5) is 50.5. The number of urea groups is 1. The van der Waals surface area contributed by atoms with Gasteiger partial charge in [0.05, 0.1) is 4.90 Å². The van der Waals surface area contributed by atoms with Gasteiger partial charge in [0.25, 0.3) is 17.4 Å². The third-order valence-corrected chi connectivity index (χ3v) is 7.98. The largest absolute Gasteiger partial charge is 0.344 e. The van der Waals surface area contributed by atoms with Gasteiger partial charge in [-0.2, -0.15) is 9.31 Å². The van der Waals surface area contributed by atoms with E-state index in [0.29, 0.717) is 23.7 Å². The first-order valence-corrected chi connectivity index (χ1v) is 12.4. The molecule has 2 aliphatic heterocycles. The van der Waals surface area contributed by atoms with Crippen LogP contribution in [0.1, 0.15) is 31.7 Å². The predicted octanol–water partition coefficient (Wildman–Crippen LogP) is 0.521. The van der Waals surface area contributed by atoms with Gasteiger partial charge in [-0.3, -0.25) is 19.8 Å². The van der Waals surface area contributed by atoms with Crippen molar-refractivity contribution in [3.05, 3.63) is 64.6 Å². The summed E-state index contributed by atoms with van der Waals surface area (Å²) < 4.78 is 27.8. The second kappa shape index (κ2) is 9.03. The van der Waals surface area contributed by atoms with Crippen LogP contribution in [0.15, 0.2) is 58.4 Å². The molecule has 34 heavy (non-hydrogen) atoms. The predicted molar refractivity (Wildman–Crippen MR) is 121 cm³/mol. The lowest BCUT2D eigenvalue weighted by atomic mass is 9.87. The first-order chi connectivity index (χ1) is 16.2. The number of hydrazine groups is 1. The summed E-state index contributed by atoms with van der Waals surface area (Å²) >= 11 is 0. The summed E-state index contributed by atoms with van der Waals surface area (Å²) in [6.07, 6.45) is 2.87. The molecule has 2 aromatic rings. The van der Waals surface area contributed by atoms with Gasteiger partial charge < -0.3 is 9.88 Å². The molecule has 2 fully saturated rings. The Morgan fingerprint density at radius 1 is 1.06 bits per heavy atom. The lowest BCUT2D eigenvalue weighted by Crippen LogP contribution is -2.49. The monoisotopic (exact) mass is 487 g/mol. The van der Waals surface area contributed by atoms with Gasteiger partial charge in [0.15, 0.2) is 0 Å². The van der Waals surface area contributed by atoms with Crippen molar-refractivity contribution in [2.75, 3.05) is 13.1 Å². The normalized spacial score (nSPS) is 21.0. The van der Waals surface area contributed by atoms with Gasteiger partial charge in [0.2, 0.25) is 10.0 Å². The minimum atomic E-state index is -3.79. The van der Waals surface area contributed by atoms with Crippen molar-refractivity contribution in [1.29, 1.82) is 0 Å². The standard InChI is InChI=1S/C22H25N5O6S/c1-2-22(16-8-4-3-5-9-16)20(30)27(21(31)23-22)24-18(28)15-25-14-17(10-11-19(25)29)34(32,33)26-12-6-7-13-26/h3-5,8-11,14H,2,6-7,12-13,15H2,1H3,(H,23,31)(H,24,28)/t22-/m1/s1. The molecule has 2 saturated heterocycles. The number of carbonyl (C=O) groups is 3. The van der Waals surface area contributed by atoms with Gasteiger partial charge in [-0.1, -0.05) is 37.3 Å². The molecular weight excluding hydrogens is 462 g/mol. The van der Waals surface area contributed by atoms with Gasteiger partial charge in [0, 0.05) is 25.4 Å². The molecule has 11 nitrogen and oxygen atoms in total. The van der Waals surface area contributed by atoms with E-state index in [9.17, 15) is 27.6 Å². The van der Waals surface area contributed by atoms with Crippen LogP contribution < -0.4 is 16.3 Å². The van der Waals surface area contributed by atoms with Crippen LogP contribution in [-0.2, 0) is 31.7 Å². The van der Waals surface area contributed by atoms with Crippen molar-refractivity contribution in [3.63, 3.8) is 0 Å². The highest BCUT2D eigenvalue weighted by atomic mass is 32.2. The fourth-order valence-corrected chi connectivity index (χ4v) is 5.75. The molecule has 0 radical (unpaired) electrons. The van der Waals surface area contributed by atoms with Gasteiger partial charge in [-0.25, -0.2) is 13.2 Å². The molecule has 12 heteroatoms. The van der Waals surface area contributed by atoms with E-state index in [-0.39, 0.29) is 11.3 Å². The molecule has 0 bridgehead atoms. The summed E-state index contributed by atoms with van der Waals surface area (Å²) in [5, 5.41) is 3.24. The number of nitrogens with one attached hydrogen (secondary N) is 2. The highest BCUT2D eigenvalue weighted by Crippen LogP contribution is 2.31. The SMILES string of the molecule is CC[C@]1(c2ccccc2)NC(=O)N(NC(=O)Cn2cc(S(=O)(=O)N3CCCC3)ccc2=O)C1=O. The first kappa shape index (κ1) is 23.6. The summed E-state index contributed by atoms with van der Waals surface area (Å²) in [6, 6.07) is 10.1. The summed E-state index contributed by atoms with van der Waals surface area (Å²) in [6.45, 7) is 1.95. The molecule has 4 amide bonds. The van der Waals surface area contributed by atoms with Crippen LogP contribution >= 0.6 is 0 Å². The molecule has 2 N–H and O–H groups in total. The zero-order valence-electron chi connectivity index (χ0n) is 18.6. The van der Waals surface area contributed by atoms with E-state index in [1.54, 1.807) is 37.3 Å². The summed E-state index contributed by atoms with van der Waals surface area (Å²) in [7, 11) is -3.79. The molecule has 0 unspecified atom stereocenters. The molecule has 1 atom stereocenters. The fourth-order valence-electron chi connectivity index (χ4n) is 4.22. The number of nitrogens with zero attached hydrogens (tertiary/aromatic N) is 3. The lowest BCUT2D eigenvalue weighted by Gasteiger charge is -2.25. The minimum Gasteiger partial charge on any atom is -0.318 e. The fraction of sp³-hybridized carbons (Fsp3) is 0.364. The molecule has 180 valence electrons. The van der Waals surface area contributed by atoms with Crippen LogP contribution in [-0.4, -0.2) is 53.2 Å². The second-order valence-corrected chi connectivity index (χ2v) is 10.1. The van der Waals surface area contributed by atoms with Gasteiger partial charge in [-0.05, 0) is 30.9 Å². The van der Waals surface area contributed by atoms with Crippen molar-refractivity contribution < 1.29 is 22.8 Å². The average Bonchev–Trinajstić information content (AvgIpc) is 3.45. The number of benzene rings is 1. The third kappa shape index (κ3) is 4.10. The Labute approximate surface area is 196 Å². The van der Waals surface area contributed by atoms with Crippen LogP contribution in [0, 0.1) is 0 Å². The molecule has 0 saturated carbocycles. The summed E-state index contributed by atoms with van der Waals surface area (Å²) in [5.41, 5.74) is 0.888.